The van der Waals surface area contributed by atoms with Crippen LogP contribution < -0.4 is 0 Å². The van der Waals surface area contributed by atoms with Crippen molar-refractivity contribution in [3.05, 3.63) is 23.2 Å². The van der Waals surface area contributed by atoms with Crippen molar-refractivity contribution in [3.8, 4) is 0 Å². The van der Waals surface area contributed by atoms with E-state index in [4.69, 9.17) is 9.47 Å². The normalized spacial score (nSPS) is 39.6. The number of ether oxygens (including phenoxy) is 2. The van der Waals surface area contributed by atoms with Crippen molar-refractivity contribution in [2.45, 2.75) is 84.0 Å². The second kappa shape index (κ2) is 5.60. The zero-order chi connectivity index (χ0) is 18.0. The summed E-state index contributed by atoms with van der Waals surface area (Å²) >= 11 is 0. The van der Waals surface area contributed by atoms with Gasteiger partial charge in [-0.05, 0) is 77.2 Å². The Bertz CT molecular complexity index is 659. The molecular weight excluding hydrogens is 316 g/mol. The molecule has 0 bridgehead atoms. The number of fused-ring (bicyclic) bond motifs is 3. The summed E-state index contributed by atoms with van der Waals surface area (Å²) in [5.74, 6) is 1.19. The van der Waals surface area contributed by atoms with Crippen molar-refractivity contribution in [3.63, 3.8) is 0 Å². The van der Waals surface area contributed by atoms with Gasteiger partial charge in [0, 0.05) is 0 Å². The number of hydrogen-bond acceptors (Lipinski definition) is 4. The van der Waals surface area contributed by atoms with E-state index in [1.54, 1.807) is 0 Å². The van der Waals surface area contributed by atoms with E-state index in [1.807, 2.05) is 27.7 Å². The van der Waals surface area contributed by atoms with Gasteiger partial charge in [0.15, 0.2) is 11.4 Å². The molecule has 4 atom stereocenters. The van der Waals surface area contributed by atoms with Gasteiger partial charge in [-0.15, -0.1) is 0 Å². The van der Waals surface area contributed by atoms with Gasteiger partial charge in [-0.1, -0.05) is 12.5 Å². The van der Waals surface area contributed by atoms with E-state index >= 15 is 0 Å². The Balaban J connectivity index is 1.93. The molecule has 2 fully saturated rings. The second-order valence-corrected chi connectivity index (χ2v) is 8.70. The Kier molecular flexibility index (Phi) is 3.84. The van der Waals surface area contributed by atoms with Gasteiger partial charge in [0.25, 0.3) is 0 Å². The summed E-state index contributed by atoms with van der Waals surface area (Å²) in [5, 5.41) is 12.1. The Morgan fingerprint density at radius 1 is 1.12 bits per heavy atom. The SMILES string of the molecule is CC(C)OC1=C(OC(C)C)[C@]2(O)C3=CCCC[C@@H]3[C@H]3CCC[C@]32C1=O. The summed E-state index contributed by atoms with van der Waals surface area (Å²) < 4.78 is 12.0. The van der Waals surface area contributed by atoms with Crippen molar-refractivity contribution in [1.29, 1.82) is 0 Å². The highest BCUT2D eigenvalue weighted by Crippen LogP contribution is 2.71. The summed E-state index contributed by atoms with van der Waals surface area (Å²) in [4.78, 5) is 13.6. The molecule has 0 saturated heterocycles. The molecule has 0 radical (unpaired) electrons. The molecule has 1 spiro atoms. The van der Waals surface area contributed by atoms with Crippen LogP contribution in [0.2, 0.25) is 0 Å². The summed E-state index contributed by atoms with van der Waals surface area (Å²) in [7, 11) is 0. The van der Waals surface area contributed by atoms with Crippen LogP contribution >= 0.6 is 0 Å². The zero-order valence-corrected chi connectivity index (χ0v) is 15.8. The van der Waals surface area contributed by atoms with Gasteiger partial charge in [-0.25, -0.2) is 0 Å². The van der Waals surface area contributed by atoms with Crippen molar-refractivity contribution < 1.29 is 19.4 Å². The monoisotopic (exact) mass is 346 g/mol. The second-order valence-electron chi connectivity index (χ2n) is 8.70. The number of rotatable bonds is 4. The summed E-state index contributed by atoms with van der Waals surface area (Å²) in [6, 6.07) is 0. The smallest absolute Gasteiger partial charge is 0.211 e. The molecule has 1 N–H and O–H groups in total. The largest absolute Gasteiger partial charge is 0.488 e. The third-order valence-corrected chi connectivity index (χ3v) is 6.60. The first kappa shape index (κ1) is 17.1. The van der Waals surface area contributed by atoms with Gasteiger partial charge >= 0.3 is 0 Å². The highest BCUT2D eigenvalue weighted by Gasteiger charge is 2.77. The molecule has 0 unspecified atom stereocenters. The molecule has 4 nitrogen and oxygen atoms in total. The molecule has 0 heterocycles. The van der Waals surface area contributed by atoms with E-state index in [-0.39, 0.29) is 29.7 Å². The van der Waals surface area contributed by atoms with Gasteiger partial charge in [0.1, 0.15) is 0 Å². The number of hydrogen-bond donors (Lipinski definition) is 1. The lowest BCUT2D eigenvalue weighted by molar-refractivity contribution is -0.137. The average Bonchev–Trinajstić information content (AvgIpc) is 3.13. The predicted molar refractivity (Wildman–Crippen MR) is 94.6 cm³/mol. The molecule has 0 aliphatic heterocycles. The molecule has 4 heteroatoms. The molecule has 0 amide bonds. The zero-order valence-electron chi connectivity index (χ0n) is 15.8. The fourth-order valence-electron chi connectivity index (χ4n) is 5.99. The van der Waals surface area contributed by atoms with Gasteiger partial charge in [-0.2, -0.15) is 0 Å². The highest BCUT2D eigenvalue weighted by molar-refractivity contribution is 6.05. The van der Waals surface area contributed by atoms with Crippen LogP contribution in [0.3, 0.4) is 0 Å². The van der Waals surface area contributed by atoms with Gasteiger partial charge in [-0.3, -0.25) is 4.79 Å². The van der Waals surface area contributed by atoms with E-state index in [2.05, 4.69) is 6.08 Å². The molecule has 138 valence electrons. The van der Waals surface area contributed by atoms with Crippen LogP contribution in [0.25, 0.3) is 0 Å². The van der Waals surface area contributed by atoms with Crippen molar-refractivity contribution in [1.82, 2.24) is 0 Å². The minimum atomic E-state index is -1.30. The fraction of sp³-hybridized carbons (Fsp3) is 0.762. The lowest BCUT2D eigenvalue weighted by Gasteiger charge is -2.37. The quantitative estimate of drug-likeness (QED) is 0.785. The van der Waals surface area contributed by atoms with Crippen LogP contribution in [0.15, 0.2) is 23.2 Å². The summed E-state index contributed by atoms with van der Waals surface area (Å²) in [6.45, 7) is 7.70. The number of carbonyl (C=O) groups is 1. The van der Waals surface area contributed by atoms with E-state index in [0.29, 0.717) is 11.7 Å². The lowest BCUT2D eigenvalue weighted by Crippen LogP contribution is -2.48. The van der Waals surface area contributed by atoms with Gasteiger partial charge < -0.3 is 14.6 Å². The Morgan fingerprint density at radius 3 is 2.52 bits per heavy atom. The van der Waals surface area contributed by atoms with Crippen LogP contribution in [-0.4, -0.2) is 28.7 Å². The number of ketones is 1. The van der Waals surface area contributed by atoms with Gasteiger partial charge in [0.05, 0.1) is 17.6 Å². The van der Waals surface area contributed by atoms with E-state index < -0.39 is 11.0 Å². The molecule has 2 saturated carbocycles. The minimum Gasteiger partial charge on any atom is -0.488 e. The predicted octanol–water partition coefficient (Wildman–Crippen LogP) is 3.89. The first-order chi connectivity index (χ1) is 11.8. The Labute approximate surface area is 150 Å². The van der Waals surface area contributed by atoms with Crippen LogP contribution in [-0.2, 0) is 14.3 Å². The van der Waals surface area contributed by atoms with Crippen molar-refractivity contribution in [2.24, 2.45) is 17.3 Å². The van der Waals surface area contributed by atoms with Crippen molar-refractivity contribution in [2.75, 3.05) is 0 Å². The van der Waals surface area contributed by atoms with Crippen LogP contribution in [0.1, 0.15) is 66.2 Å². The Morgan fingerprint density at radius 2 is 1.84 bits per heavy atom. The first-order valence-corrected chi connectivity index (χ1v) is 9.89. The molecule has 0 aromatic rings. The van der Waals surface area contributed by atoms with Crippen LogP contribution in [0.5, 0.6) is 0 Å². The molecule has 4 aliphatic carbocycles. The number of carbonyl (C=O) groups excluding carboxylic acids is 1. The molecule has 4 rings (SSSR count). The maximum Gasteiger partial charge on any atom is 0.211 e. The summed E-state index contributed by atoms with van der Waals surface area (Å²) in [6.07, 6.45) is 7.87. The van der Waals surface area contributed by atoms with E-state index in [1.165, 1.54) is 0 Å². The fourth-order valence-corrected chi connectivity index (χ4v) is 5.99. The van der Waals surface area contributed by atoms with Gasteiger partial charge in [0.2, 0.25) is 11.5 Å². The van der Waals surface area contributed by atoms with Crippen LogP contribution in [0, 0.1) is 17.3 Å². The Hall–Kier alpha value is -1.29. The third-order valence-electron chi connectivity index (χ3n) is 6.60. The first-order valence-electron chi connectivity index (χ1n) is 9.89. The maximum atomic E-state index is 13.6. The molecule has 4 aliphatic rings. The molecule has 0 aromatic heterocycles. The van der Waals surface area contributed by atoms with Crippen molar-refractivity contribution >= 4 is 5.78 Å². The molecule has 25 heavy (non-hydrogen) atoms. The number of Topliss-reactive ketones (excluding diaryl/α,β-unsaturated/α-hetero) is 1. The standard InChI is InChI=1S/C21H30O4/c1-12(2)24-17-18(22)20-11-7-10-15(20)14-8-5-6-9-16(14)21(20,23)19(17)25-13(3)4/h9,12-15,23H,5-8,10-11H2,1-4H3/t14-,15-,20-,21-/m1/s1. The number of aliphatic hydroxyl groups is 1. The van der Waals surface area contributed by atoms with E-state index in [0.717, 1.165) is 44.1 Å². The summed E-state index contributed by atoms with van der Waals surface area (Å²) in [5.41, 5.74) is -1.03. The minimum absolute atomic E-state index is 0.0165. The highest BCUT2D eigenvalue weighted by atomic mass is 16.5. The van der Waals surface area contributed by atoms with Crippen LogP contribution in [0.4, 0.5) is 0 Å². The molecule has 0 aromatic carbocycles. The number of allylic oxidation sites excluding steroid dienone is 2. The topological polar surface area (TPSA) is 55.8 Å². The maximum absolute atomic E-state index is 13.6. The average molecular weight is 346 g/mol. The molecular formula is C21H30O4. The van der Waals surface area contributed by atoms with E-state index in [9.17, 15) is 9.90 Å². The lowest BCUT2D eigenvalue weighted by atomic mass is 9.70. The third kappa shape index (κ3) is 2.00.